The molecular formula is C20H16BrN5O3. The summed E-state index contributed by atoms with van der Waals surface area (Å²) in [6, 6.07) is 14.5. The SMILES string of the molecule is COc1ccc(-c2cc(C(=O)N/N=C\[C@H]3C(=O)Nc4ccc(Br)cc43)[nH]n2)cc1. The molecule has 1 aromatic heterocycles. The van der Waals surface area contributed by atoms with Gasteiger partial charge in [-0.3, -0.25) is 14.7 Å². The van der Waals surface area contributed by atoms with E-state index >= 15 is 0 Å². The number of hydrogen-bond acceptors (Lipinski definition) is 5. The number of H-pyrrole nitrogens is 1. The first-order valence-electron chi connectivity index (χ1n) is 8.69. The maximum atomic E-state index is 12.3. The van der Waals surface area contributed by atoms with Crippen LogP contribution in [0.2, 0.25) is 0 Å². The van der Waals surface area contributed by atoms with Crippen molar-refractivity contribution in [3.63, 3.8) is 0 Å². The Hall–Kier alpha value is -3.46. The van der Waals surface area contributed by atoms with Crippen molar-refractivity contribution in [1.82, 2.24) is 15.6 Å². The molecule has 0 unspecified atom stereocenters. The van der Waals surface area contributed by atoms with Crippen LogP contribution in [-0.4, -0.2) is 35.3 Å². The zero-order chi connectivity index (χ0) is 20.4. The minimum absolute atomic E-state index is 0.195. The summed E-state index contributed by atoms with van der Waals surface area (Å²) < 4.78 is 5.99. The minimum atomic E-state index is -0.570. The lowest BCUT2D eigenvalue weighted by Crippen LogP contribution is -2.20. The molecule has 2 amide bonds. The average Bonchev–Trinajstić information content (AvgIpc) is 3.33. The molecule has 9 heteroatoms. The van der Waals surface area contributed by atoms with E-state index in [-0.39, 0.29) is 11.6 Å². The molecule has 0 saturated carbocycles. The van der Waals surface area contributed by atoms with Crippen LogP contribution >= 0.6 is 15.9 Å². The summed E-state index contributed by atoms with van der Waals surface area (Å²) in [7, 11) is 1.60. The molecule has 1 aliphatic rings. The topological polar surface area (TPSA) is 108 Å². The van der Waals surface area contributed by atoms with Crippen molar-refractivity contribution in [1.29, 1.82) is 0 Å². The number of hydrogen-bond donors (Lipinski definition) is 3. The number of nitrogens with one attached hydrogen (secondary N) is 3. The van der Waals surface area contributed by atoms with Gasteiger partial charge in [0.05, 0.1) is 12.8 Å². The fourth-order valence-corrected chi connectivity index (χ4v) is 3.36. The molecule has 1 atom stereocenters. The van der Waals surface area contributed by atoms with Crippen LogP contribution in [0.5, 0.6) is 5.75 Å². The van der Waals surface area contributed by atoms with Gasteiger partial charge in [0.2, 0.25) is 5.91 Å². The smallest absolute Gasteiger partial charge is 0.289 e. The number of nitrogens with zero attached hydrogens (tertiary/aromatic N) is 2. The van der Waals surface area contributed by atoms with Crippen LogP contribution in [0.25, 0.3) is 11.3 Å². The second-order valence-electron chi connectivity index (χ2n) is 6.31. The number of methoxy groups -OCH3 is 1. The Morgan fingerprint density at radius 3 is 2.79 bits per heavy atom. The Morgan fingerprint density at radius 2 is 2.03 bits per heavy atom. The molecule has 0 fully saturated rings. The van der Waals surface area contributed by atoms with Crippen molar-refractivity contribution in [2.75, 3.05) is 12.4 Å². The molecule has 0 aliphatic carbocycles. The van der Waals surface area contributed by atoms with Gasteiger partial charge in [0.1, 0.15) is 17.4 Å². The van der Waals surface area contributed by atoms with E-state index in [1.165, 1.54) is 6.21 Å². The molecule has 2 heterocycles. The van der Waals surface area contributed by atoms with Gasteiger partial charge in [-0.1, -0.05) is 15.9 Å². The van der Waals surface area contributed by atoms with Gasteiger partial charge in [0.25, 0.3) is 5.91 Å². The van der Waals surface area contributed by atoms with E-state index in [0.717, 1.165) is 27.0 Å². The van der Waals surface area contributed by atoms with Gasteiger partial charge in [-0.25, -0.2) is 5.43 Å². The summed E-state index contributed by atoms with van der Waals surface area (Å²) in [5.41, 5.74) is 5.67. The highest BCUT2D eigenvalue weighted by atomic mass is 79.9. The fourth-order valence-electron chi connectivity index (χ4n) is 2.98. The summed E-state index contributed by atoms with van der Waals surface area (Å²) in [5, 5.41) is 13.6. The van der Waals surface area contributed by atoms with E-state index in [1.54, 1.807) is 13.2 Å². The predicted molar refractivity (Wildman–Crippen MR) is 112 cm³/mol. The molecule has 0 radical (unpaired) electrons. The highest BCUT2D eigenvalue weighted by Crippen LogP contribution is 2.33. The Labute approximate surface area is 174 Å². The van der Waals surface area contributed by atoms with E-state index in [9.17, 15) is 9.59 Å². The quantitative estimate of drug-likeness (QED) is 0.406. The first-order chi connectivity index (χ1) is 14.0. The number of ether oxygens (including phenoxy) is 1. The fraction of sp³-hybridized carbons (Fsp3) is 0.100. The first kappa shape index (κ1) is 18.9. The number of carbonyl (C=O) groups excluding carboxylic acids is 2. The molecule has 4 rings (SSSR count). The second-order valence-corrected chi connectivity index (χ2v) is 7.23. The van der Waals surface area contributed by atoms with Crippen LogP contribution in [0.4, 0.5) is 5.69 Å². The van der Waals surface area contributed by atoms with Crippen molar-refractivity contribution in [2.24, 2.45) is 5.10 Å². The predicted octanol–water partition coefficient (Wildman–Crippen LogP) is 3.30. The van der Waals surface area contributed by atoms with Gasteiger partial charge in [-0.15, -0.1) is 0 Å². The number of anilines is 1. The Balaban J connectivity index is 1.43. The van der Waals surface area contributed by atoms with Gasteiger partial charge in [0, 0.05) is 21.9 Å². The molecule has 1 aliphatic heterocycles. The number of halogens is 1. The third kappa shape index (κ3) is 3.90. The van der Waals surface area contributed by atoms with Gasteiger partial charge < -0.3 is 10.1 Å². The zero-order valence-corrected chi connectivity index (χ0v) is 16.9. The standard InChI is InChI=1S/C20H16BrN5O3/c1-29-13-5-2-11(3-6-13)17-9-18(25-24-17)20(28)26-22-10-15-14-8-12(21)4-7-16(14)23-19(15)27/h2-10,15H,1H3,(H,23,27)(H,24,25)(H,26,28)/b22-10-/t15-/m1/s1. The second kappa shape index (κ2) is 7.88. The van der Waals surface area contributed by atoms with E-state index in [2.05, 4.69) is 42.0 Å². The number of hydrazone groups is 1. The molecule has 8 nitrogen and oxygen atoms in total. The molecule has 29 heavy (non-hydrogen) atoms. The summed E-state index contributed by atoms with van der Waals surface area (Å²) in [6.07, 6.45) is 1.41. The summed E-state index contributed by atoms with van der Waals surface area (Å²) in [4.78, 5) is 24.5. The summed E-state index contributed by atoms with van der Waals surface area (Å²) in [6.45, 7) is 0. The number of benzene rings is 2. The number of amides is 2. The van der Waals surface area contributed by atoms with Crippen LogP contribution in [0.15, 0.2) is 58.1 Å². The molecular weight excluding hydrogens is 438 g/mol. The highest BCUT2D eigenvalue weighted by Gasteiger charge is 2.29. The number of rotatable bonds is 5. The molecule has 3 aromatic rings. The largest absolute Gasteiger partial charge is 0.497 e. The van der Waals surface area contributed by atoms with Gasteiger partial charge >= 0.3 is 0 Å². The number of carbonyl (C=O) groups is 2. The van der Waals surface area contributed by atoms with E-state index < -0.39 is 11.8 Å². The number of aromatic nitrogens is 2. The van der Waals surface area contributed by atoms with Crippen molar-refractivity contribution in [2.45, 2.75) is 5.92 Å². The monoisotopic (exact) mass is 453 g/mol. The highest BCUT2D eigenvalue weighted by molar-refractivity contribution is 9.10. The lowest BCUT2D eigenvalue weighted by atomic mass is 10.0. The van der Waals surface area contributed by atoms with Gasteiger partial charge in [0.15, 0.2) is 0 Å². The molecule has 0 bridgehead atoms. The van der Waals surface area contributed by atoms with Gasteiger partial charge in [-0.05, 0) is 54.1 Å². The van der Waals surface area contributed by atoms with Gasteiger partial charge in [-0.2, -0.15) is 10.2 Å². The van der Waals surface area contributed by atoms with Crippen molar-refractivity contribution in [3.8, 4) is 17.0 Å². The first-order valence-corrected chi connectivity index (χ1v) is 9.48. The molecule has 2 aromatic carbocycles. The lowest BCUT2D eigenvalue weighted by Gasteiger charge is -2.03. The Bertz CT molecular complexity index is 1110. The van der Waals surface area contributed by atoms with Crippen LogP contribution < -0.4 is 15.5 Å². The molecule has 146 valence electrons. The third-order valence-electron chi connectivity index (χ3n) is 4.49. The maximum absolute atomic E-state index is 12.3. The van der Waals surface area contributed by atoms with Crippen LogP contribution in [0.1, 0.15) is 22.0 Å². The number of fused-ring (bicyclic) bond motifs is 1. The Kier molecular flexibility index (Phi) is 5.13. The average molecular weight is 454 g/mol. The normalized spacial score (nSPS) is 15.2. The number of aromatic amines is 1. The van der Waals surface area contributed by atoms with Crippen LogP contribution in [0.3, 0.4) is 0 Å². The minimum Gasteiger partial charge on any atom is -0.497 e. The van der Waals surface area contributed by atoms with Crippen molar-refractivity contribution in [3.05, 3.63) is 64.3 Å². The zero-order valence-electron chi connectivity index (χ0n) is 15.3. The van der Waals surface area contributed by atoms with E-state index in [0.29, 0.717) is 5.69 Å². The third-order valence-corrected chi connectivity index (χ3v) is 4.98. The van der Waals surface area contributed by atoms with Crippen LogP contribution in [-0.2, 0) is 4.79 Å². The summed E-state index contributed by atoms with van der Waals surface area (Å²) in [5.74, 6) is -0.485. The van der Waals surface area contributed by atoms with Crippen molar-refractivity contribution >= 4 is 39.6 Å². The molecule has 0 spiro atoms. The van der Waals surface area contributed by atoms with E-state index in [4.69, 9.17) is 4.74 Å². The molecule has 3 N–H and O–H groups in total. The Morgan fingerprint density at radius 1 is 1.24 bits per heavy atom. The maximum Gasteiger partial charge on any atom is 0.289 e. The molecule has 0 saturated heterocycles. The lowest BCUT2D eigenvalue weighted by molar-refractivity contribution is -0.115. The van der Waals surface area contributed by atoms with Crippen LogP contribution in [0, 0.1) is 0 Å². The van der Waals surface area contributed by atoms with Crippen molar-refractivity contribution < 1.29 is 14.3 Å². The van der Waals surface area contributed by atoms with E-state index in [1.807, 2.05) is 42.5 Å². The summed E-state index contributed by atoms with van der Waals surface area (Å²) >= 11 is 3.39.